The Labute approximate surface area is 72.3 Å². The van der Waals surface area contributed by atoms with Crippen LogP contribution >= 0.6 is 24.8 Å². The van der Waals surface area contributed by atoms with Gasteiger partial charge in [0.05, 0.1) is 26.4 Å². The lowest BCUT2D eigenvalue weighted by atomic mass is 10.7. The zero-order valence-electron chi connectivity index (χ0n) is 5.78. The van der Waals surface area contributed by atoms with Gasteiger partial charge in [-0.05, 0) is 0 Å². The molecule has 0 saturated carbocycles. The maximum atomic E-state index is 5.08. The summed E-state index contributed by atoms with van der Waals surface area (Å²) in [5.41, 5.74) is 0. The maximum Gasteiger partial charge on any atom is 0.0750 e. The Morgan fingerprint density at radius 1 is 1.20 bits per heavy atom. The monoisotopic (exact) mass is 180 g/mol. The quantitative estimate of drug-likeness (QED) is 0.357. The van der Waals surface area contributed by atoms with E-state index >= 15 is 0 Å². The molecular formula is C6H12O2S2. The van der Waals surface area contributed by atoms with E-state index in [4.69, 9.17) is 9.47 Å². The second-order valence-corrected chi connectivity index (χ2v) is 2.36. The highest BCUT2D eigenvalue weighted by Crippen LogP contribution is 1.79. The van der Waals surface area contributed by atoms with Crippen LogP contribution in [0.2, 0.25) is 0 Å². The molecule has 0 aromatic rings. The van der Waals surface area contributed by atoms with Crippen molar-refractivity contribution < 1.29 is 9.47 Å². The highest BCUT2D eigenvalue weighted by atomic mass is 32.1. The molecule has 0 saturated heterocycles. The van der Waals surface area contributed by atoms with Crippen LogP contribution in [0.25, 0.3) is 0 Å². The lowest BCUT2D eigenvalue weighted by Gasteiger charge is -2.00. The van der Waals surface area contributed by atoms with Gasteiger partial charge >= 0.3 is 0 Å². The number of hydrogen-bond acceptors (Lipinski definition) is 4. The number of rotatable bonds is 7. The largest absolute Gasteiger partial charge is 0.378 e. The first-order valence-electron chi connectivity index (χ1n) is 3.11. The minimum Gasteiger partial charge on any atom is -0.378 e. The molecule has 0 aliphatic carbocycles. The van der Waals surface area contributed by atoms with E-state index in [0.29, 0.717) is 26.4 Å². The summed E-state index contributed by atoms with van der Waals surface area (Å²) in [4.78, 5) is 0. The highest BCUT2D eigenvalue weighted by molar-refractivity contribution is 7.80. The van der Waals surface area contributed by atoms with Crippen molar-refractivity contribution in [2.45, 2.75) is 0 Å². The maximum absolute atomic E-state index is 5.08. The molecule has 4 heteroatoms. The van der Waals surface area contributed by atoms with Gasteiger partial charge in [0.25, 0.3) is 0 Å². The third-order valence-electron chi connectivity index (χ3n) is 0.794. The number of ether oxygens (including phenoxy) is 2. The summed E-state index contributed by atoms with van der Waals surface area (Å²) in [5, 5.41) is 1.55. The van der Waals surface area contributed by atoms with Crippen molar-refractivity contribution in [3.05, 3.63) is 0 Å². The van der Waals surface area contributed by atoms with Gasteiger partial charge in [0, 0.05) is 11.1 Å². The Hall–Kier alpha value is 0.360. The molecule has 0 fully saturated rings. The van der Waals surface area contributed by atoms with E-state index in [0.717, 1.165) is 5.75 Å². The summed E-state index contributed by atoms with van der Waals surface area (Å²) in [5.74, 6) is 0.757. The lowest BCUT2D eigenvalue weighted by Crippen LogP contribution is -2.06. The molecule has 0 aliphatic rings. The lowest BCUT2D eigenvalue weighted by molar-refractivity contribution is 0.0706. The molecular weight excluding hydrogens is 168 g/mol. The van der Waals surface area contributed by atoms with Gasteiger partial charge in [-0.3, -0.25) is 0 Å². The summed E-state index contributed by atoms with van der Waals surface area (Å²) in [6.45, 7) is 2.45. The second kappa shape index (κ2) is 9.36. The Balaban J connectivity index is 2.70. The summed E-state index contributed by atoms with van der Waals surface area (Å²) < 4.78 is 10.1. The van der Waals surface area contributed by atoms with Gasteiger partial charge in [-0.25, -0.2) is 0 Å². The molecule has 2 nitrogen and oxygen atoms in total. The van der Waals surface area contributed by atoms with E-state index in [1.165, 1.54) is 0 Å². The van der Waals surface area contributed by atoms with E-state index in [9.17, 15) is 0 Å². The number of hydrogen-bond donors (Lipinski definition) is 1. The van der Waals surface area contributed by atoms with Gasteiger partial charge in [-0.15, -0.1) is 0 Å². The van der Waals surface area contributed by atoms with Crippen molar-refractivity contribution >= 4 is 30.2 Å². The summed E-state index contributed by atoms with van der Waals surface area (Å²) in [6, 6.07) is 0. The van der Waals surface area contributed by atoms with E-state index in [1.807, 2.05) is 0 Å². The van der Waals surface area contributed by atoms with Gasteiger partial charge < -0.3 is 9.47 Å². The Morgan fingerprint density at radius 3 is 2.50 bits per heavy atom. The summed E-state index contributed by atoms with van der Waals surface area (Å²) in [6.07, 6.45) is 0. The molecule has 0 aliphatic heterocycles. The molecule has 0 unspecified atom stereocenters. The van der Waals surface area contributed by atoms with Crippen LogP contribution in [-0.4, -0.2) is 37.5 Å². The Morgan fingerprint density at radius 2 is 1.90 bits per heavy atom. The predicted molar refractivity (Wildman–Crippen MR) is 49.1 cm³/mol. The molecule has 0 amide bonds. The number of thiocarbonyl (C=S) groups is 1. The van der Waals surface area contributed by atoms with Crippen LogP contribution in [0, 0.1) is 0 Å². The van der Waals surface area contributed by atoms with Crippen molar-refractivity contribution in [3.63, 3.8) is 0 Å². The van der Waals surface area contributed by atoms with Crippen LogP contribution in [0.5, 0.6) is 0 Å². The predicted octanol–water partition coefficient (Wildman–Crippen LogP) is 0.949. The van der Waals surface area contributed by atoms with E-state index in [1.54, 1.807) is 5.37 Å². The molecule has 0 aromatic carbocycles. The van der Waals surface area contributed by atoms with Crippen LogP contribution in [0.4, 0.5) is 0 Å². The van der Waals surface area contributed by atoms with E-state index in [-0.39, 0.29) is 0 Å². The van der Waals surface area contributed by atoms with Gasteiger partial charge in [-0.2, -0.15) is 12.6 Å². The minimum atomic E-state index is 0.527. The van der Waals surface area contributed by atoms with Crippen molar-refractivity contribution in [2.75, 3.05) is 32.2 Å². The fourth-order valence-corrected chi connectivity index (χ4v) is 0.641. The van der Waals surface area contributed by atoms with Crippen molar-refractivity contribution in [1.29, 1.82) is 0 Å². The summed E-state index contributed by atoms with van der Waals surface area (Å²) >= 11 is 8.53. The standard InChI is InChI=1S/C6H12O2S2/c9-5-3-7-1-2-8-4-6-10/h5,10H,1-4,6H2. The first kappa shape index (κ1) is 10.4. The average Bonchev–Trinajstić information content (AvgIpc) is 1.97. The van der Waals surface area contributed by atoms with Gasteiger partial charge in [-0.1, -0.05) is 12.2 Å². The smallest absolute Gasteiger partial charge is 0.0750 e. The molecule has 0 spiro atoms. The molecule has 0 heterocycles. The Kier molecular flexibility index (Phi) is 9.70. The molecule has 0 aromatic heterocycles. The van der Waals surface area contributed by atoms with Crippen LogP contribution in [0.1, 0.15) is 0 Å². The molecule has 0 rings (SSSR count). The normalized spacial score (nSPS) is 9.70. The molecule has 0 radical (unpaired) electrons. The fourth-order valence-electron chi connectivity index (χ4n) is 0.416. The van der Waals surface area contributed by atoms with Gasteiger partial charge in [0.1, 0.15) is 0 Å². The molecule has 10 heavy (non-hydrogen) atoms. The molecule has 0 atom stereocenters. The third kappa shape index (κ3) is 8.36. The van der Waals surface area contributed by atoms with Crippen molar-refractivity contribution in [2.24, 2.45) is 0 Å². The molecule has 0 N–H and O–H groups in total. The summed E-state index contributed by atoms with van der Waals surface area (Å²) in [7, 11) is 0. The average molecular weight is 180 g/mol. The fraction of sp³-hybridized carbons (Fsp3) is 0.833. The zero-order chi connectivity index (χ0) is 7.66. The van der Waals surface area contributed by atoms with Gasteiger partial charge in [0.2, 0.25) is 0 Å². The van der Waals surface area contributed by atoms with Crippen LogP contribution in [0.15, 0.2) is 0 Å². The Bertz CT molecular complexity index is 78.1. The molecule has 60 valence electrons. The third-order valence-corrected chi connectivity index (χ3v) is 1.11. The minimum absolute atomic E-state index is 0.527. The number of thiol groups is 1. The first-order chi connectivity index (χ1) is 4.91. The topological polar surface area (TPSA) is 18.5 Å². The van der Waals surface area contributed by atoms with E-state index in [2.05, 4.69) is 24.8 Å². The zero-order valence-corrected chi connectivity index (χ0v) is 7.50. The highest BCUT2D eigenvalue weighted by Gasteiger charge is 1.85. The van der Waals surface area contributed by atoms with Crippen LogP contribution < -0.4 is 0 Å². The van der Waals surface area contributed by atoms with Crippen molar-refractivity contribution in [3.8, 4) is 0 Å². The van der Waals surface area contributed by atoms with Crippen LogP contribution in [-0.2, 0) is 9.47 Å². The second-order valence-electron chi connectivity index (χ2n) is 1.58. The van der Waals surface area contributed by atoms with E-state index < -0.39 is 0 Å². The van der Waals surface area contributed by atoms with Gasteiger partial charge in [0.15, 0.2) is 0 Å². The molecule has 0 bridgehead atoms. The SMILES string of the molecule is S=CCOCCOCCS. The van der Waals surface area contributed by atoms with Crippen LogP contribution in [0.3, 0.4) is 0 Å². The first-order valence-corrected chi connectivity index (χ1v) is 4.22. The van der Waals surface area contributed by atoms with Crippen molar-refractivity contribution in [1.82, 2.24) is 0 Å².